The largest absolute Gasteiger partial charge is 0.309 e. The van der Waals surface area contributed by atoms with Crippen molar-refractivity contribution in [3.63, 3.8) is 0 Å². The molecule has 0 aliphatic carbocycles. The smallest absolute Gasteiger partial charge is 0.0571 e. The van der Waals surface area contributed by atoms with Crippen LogP contribution in [0.3, 0.4) is 0 Å². The number of fused-ring (bicyclic) bond motifs is 3. The molecule has 0 saturated carbocycles. The Hall–Kier alpha value is -2.61. The van der Waals surface area contributed by atoms with Crippen LogP contribution in [-0.2, 0) is 0 Å². The fraction of sp³-hybridized carbons (Fsp3) is 0.0556. The Kier molecular flexibility index (Phi) is 2.36. The first-order valence-corrected chi connectivity index (χ1v) is 6.75. The zero-order chi connectivity index (χ0) is 13.5. The van der Waals surface area contributed by atoms with E-state index in [-0.39, 0.29) is 0 Å². The van der Waals surface area contributed by atoms with Crippen molar-refractivity contribution in [1.82, 2.24) is 9.55 Å². The molecule has 0 bridgehead atoms. The van der Waals surface area contributed by atoms with Crippen molar-refractivity contribution in [2.45, 2.75) is 6.92 Å². The van der Waals surface area contributed by atoms with Crippen molar-refractivity contribution >= 4 is 21.8 Å². The SMILES string of the molecule is Cc1cccc(-n2c3ccccc3c3cnccc32)c1. The molecule has 96 valence electrons. The van der Waals surface area contributed by atoms with Gasteiger partial charge in [0.15, 0.2) is 0 Å². The van der Waals surface area contributed by atoms with E-state index in [4.69, 9.17) is 0 Å². The molecule has 2 heteroatoms. The van der Waals surface area contributed by atoms with Gasteiger partial charge >= 0.3 is 0 Å². The molecule has 2 aromatic heterocycles. The average Bonchev–Trinajstić information content (AvgIpc) is 2.82. The fourth-order valence-corrected chi connectivity index (χ4v) is 2.86. The highest BCUT2D eigenvalue weighted by atomic mass is 15.0. The summed E-state index contributed by atoms with van der Waals surface area (Å²) >= 11 is 0. The van der Waals surface area contributed by atoms with Crippen LogP contribution in [0.1, 0.15) is 5.56 Å². The number of pyridine rings is 1. The summed E-state index contributed by atoms with van der Waals surface area (Å²) in [5.41, 5.74) is 4.89. The number of aryl methyl sites for hydroxylation is 1. The number of benzene rings is 2. The van der Waals surface area contributed by atoms with Gasteiger partial charge in [-0.2, -0.15) is 0 Å². The van der Waals surface area contributed by atoms with Crippen LogP contribution in [0.2, 0.25) is 0 Å². The summed E-state index contributed by atoms with van der Waals surface area (Å²) in [6, 6.07) is 19.2. The fourth-order valence-electron chi connectivity index (χ4n) is 2.86. The van der Waals surface area contributed by atoms with Crippen LogP contribution in [0.5, 0.6) is 0 Å². The summed E-state index contributed by atoms with van der Waals surface area (Å²) in [6.45, 7) is 2.12. The lowest BCUT2D eigenvalue weighted by molar-refractivity contribution is 1.17. The summed E-state index contributed by atoms with van der Waals surface area (Å²) in [4.78, 5) is 4.27. The van der Waals surface area contributed by atoms with Crippen molar-refractivity contribution in [3.8, 4) is 5.69 Å². The topological polar surface area (TPSA) is 17.8 Å². The van der Waals surface area contributed by atoms with Gasteiger partial charge in [-0.15, -0.1) is 0 Å². The number of nitrogens with zero attached hydrogens (tertiary/aromatic N) is 2. The van der Waals surface area contributed by atoms with Crippen LogP contribution in [0.4, 0.5) is 0 Å². The Morgan fingerprint density at radius 3 is 2.60 bits per heavy atom. The van der Waals surface area contributed by atoms with Crippen molar-refractivity contribution in [3.05, 3.63) is 72.6 Å². The molecule has 0 aliphatic rings. The number of rotatable bonds is 1. The molecule has 0 atom stereocenters. The summed E-state index contributed by atoms with van der Waals surface area (Å²) in [7, 11) is 0. The quantitative estimate of drug-likeness (QED) is 0.492. The maximum absolute atomic E-state index is 4.27. The first-order valence-electron chi connectivity index (χ1n) is 6.75. The molecule has 0 N–H and O–H groups in total. The highest BCUT2D eigenvalue weighted by Gasteiger charge is 2.11. The maximum Gasteiger partial charge on any atom is 0.0571 e. The Labute approximate surface area is 117 Å². The van der Waals surface area contributed by atoms with E-state index >= 15 is 0 Å². The normalized spacial score (nSPS) is 11.2. The third-order valence-corrected chi connectivity index (χ3v) is 3.73. The Morgan fingerprint density at radius 1 is 0.850 bits per heavy atom. The van der Waals surface area contributed by atoms with Crippen molar-refractivity contribution in [2.75, 3.05) is 0 Å². The van der Waals surface area contributed by atoms with Gasteiger partial charge in [0.2, 0.25) is 0 Å². The molecule has 0 saturated heterocycles. The molecular formula is C18H14N2. The highest BCUT2D eigenvalue weighted by Crippen LogP contribution is 2.31. The number of hydrogen-bond acceptors (Lipinski definition) is 1. The van der Waals surface area contributed by atoms with Gasteiger partial charge in [-0.05, 0) is 36.8 Å². The number of hydrogen-bond donors (Lipinski definition) is 0. The molecule has 2 aromatic carbocycles. The zero-order valence-electron chi connectivity index (χ0n) is 11.2. The van der Waals surface area contributed by atoms with E-state index in [9.17, 15) is 0 Å². The van der Waals surface area contributed by atoms with Gasteiger partial charge in [-0.1, -0.05) is 30.3 Å². The average molecular weight is 258 g/mol. The van der Waals surface area contributed by atoms with E-state index in [1.54, 1.807) is 0 Å². The lowest BCUT2D eigenvalue weighted by atomic mass is 10.2. The van der Waals surface area contributed by atoms with Gasteiger partial charge in [0, 0.05) is 28.9 Å². The van der Waals surface area contributed by atoms with Crippen molar-refractivity contribution < 1.29 is 0 Å². The van der Waals surface area contributed by atoms with Crippen molar-refractivity contribution in [2.24, 2.45) is 0 Å². The van der Waals surface area contributed by atoms with Crippen molar-refractivity contribution in [1.29, 1.82) is 0 Å². The summed E-state index contributed by atoms with van der Waals surface area (Å²) in [5.74, 6) is 0. The van der Waals surface area contributed by atoms with E-state index < -0.39 is 0 Å². The second-order valence-electron chi connectivity index (χ2n) is 5.08. The van der Waals surface area contributed by atoms with Gasteiger partial charge in [-0.3, -0.25) is 4.98 Å². The van der Waals surface area contributed by atoms with Gasteiger partial charge in [0.1, 0.15) is 0 Å². The monoisotopic (exact) mass is 258 g/mol. The second-order valence-corrected chi connectivity index (χ2v) is 5.08. The third-order valence-electron chi connectivity index (χ3n) is 3.73. The van der Waals surface area contributed by atoms with Gasteiger partial charge in [0.05, 0.1) is 11.0 Å². The van der Waals surface area contributed by atoms with E-state index in [0.29, 0.717) is 0 Å². The van der Waals surface area contributed by atoms with E-state index in [1.165, 1.54) is 33.1 Å². The molecule has 0 fully saturated rings. The second kappa shape index (κ2) is 4.20. The predicted molar refractivity (Wildman–Crippen MR) is 83.3 cm³/mol. The first-order chi connectivity index (χ1) is 9.84. The zero-order valence-corrected chi connectivity index (χ0v) is 11.2. The molecule has 2 nitrogen and oxygen atoms in total. The van der Waals surface area contributed by atoms with Gasteiger partial charge < -0.3 is 4.57 Å². The minimum Gasteiger partial charge on any atom is -0.309 e. The standard InChI is InChI=1S/C18H14N2/c1-13-5-4-6-14(11-13)20-17-8-3-2-7-15(17)16-12-19-10-9-18(16)20/h2-12H,1H3. The Balaban J connectivity index is 2.21. The molecule has 0 aliphatic heterocycles. The lowest BCUT2D eigenvalue weighted by Gasteiger charge is -2.08. The van der Waals surface area contributed by atoms with Crippen LogP contribution in [0.25, 0.3) is 27.5 Å². The predicted octanol–water partition coefficient (Wildman–Crippen LogP) is 4.49. The molecule has 2 heterocycles. The summed E-state index contributed by atoms with van der Waals surface area (Å²) in [6.07, 6.45) is 3.80. The first kappa shape index (κ1) is 11.2. The van der Waals surface area contributed by atoms with Gasteiger partial charge in [-0.25, -0.2) is 0 Å². The van der Waals surface area contributed by atoms with Crippen LogP contribution in [-0.4, -0.2) is 9.55 Å². The lowest BCUT2D eigenvalue weighted by Crippen LogP contribution is -1.93. The van der Waals surface area contributed by atoms with Crippen LogP contribution in [0.15, 0.2) is 67.0 Å². The molecule has 20 heavy (non-hydrogen) atoms. The Bertz CT molecular complexity index is 866. The minimum atomic E-state index is 1.20. The molecule has 0 amide bonds. The minimum absolute atomic E-state index is 1.20. The summed E-state index contributed by atoms with van der Waals surface area (Å²) < 4.78 is 2.30. The van der Waals surface area contributed by atoms with E-state index in [1.807, 2.05) is 12.4 Å². The molecule has 0 spiro atoms. The van der Waals surface area contributed by atoms with Crippen LogP contribution in [0, 0.1) is 6.92 Å². The van der Waals surface area contributed by atoms with E-state index in [0.717, 1.165) is 0 Å². The number of aromatic nitrogens is 2. The molecule has 0 radical (unpaired) electrons. The van der Waals surface area contributed by atoms with Gasteiger partial charge in [0.25, 0.3) is 0 Å². The number of para-hydroxylation sites is 1. The molecule has 0 unspecified atom stereocenters. The molecule has 4 rings (SSSR count). The molecule has 4 aromatic rings. The maximum atomic E-state index is 4.27. The molecular weight excluding hydrogens is 244 g/mol. The van der Waals surface area contributed by atoms with Crippen LogP contribution >= 0.6 is 0 Å². The third kappa shape index (κ3) is 1.55. The summed E-state index contributed by atoms with van der Waals surface area (Å²) in [5, 5.41) is 2.45. The van der Waals surface area contributed by atoms with E-state index in [2.05, 4.69) is 71.1 Å². The van der Waals surface area contributed by atoms with Crippen LogP contribution < -0.4 is 0 Å². The highest BCUT2D eigenvalue weighted by molar-refractivity contribution is 6.08. The Morgan fingerprint density at radius 2 is 1.70 bits per heavy atom.